The van der Waals surface area contributed by atoms with Gasteiger partial charge in [0.2, 0.25) is 0 Å². The van der Waals surface area contributed by atoms with Crippen molar-refractivity contribution in [1.82, 2.24) is 4.90 Å². The van der Waals surface area contributed by atoms with Gasteiger partial charge >= 0.3 is 0 Å². The van der Waals surface area contributed by atoms with E-state index < -0.39 is 0 Å². The molecule has 0 amide bonds. The highest BCUT2D eigenvalue weighted by atomic mass is 16.5. The van der Waals surface area contributed by atoms with Gasteiger partial charge < -0.3 is 14.8 Å². The van der Waals surface area contributed by atoms with Crippen LogP contribution in [-0.4, -0.2) is 44.1 Å². The minimum Gasteiger partial charge on any atom is -0.497 e. The molecule has 1 heterocycles. The molecule has 1 fully saturated rings. The summed E-state index contributed by atoms with van der Waals surface area (Å²) in [5.41, 5.74) is 2.83. The molecule has 1 saturated heterocycles. The number of para-hydroxylation sites is 1. The Morgan fingerprint density at radius 2 is 1.55 bits per heavy atom. The molecule has 0 unspecified atom stereocenters. The van der Waals surface area contributed by atoms with E-state index in [9.17, 15) is 0 Å². The molecule has 0 radical (unpaired) electrons. The molecule has 0 aliphatic carbocycles. The molecule has 1 aliphatic rings. The van der Waals surface area contributed by atoms with Crippen molar-refractivity contribution < 1.29 is 9.47 Å². The van der Waals surface area contributed by atoms with Crippen LogP contribution >= 0.6 is 0 Å². The van der Waals surface area contributed by atoms with Crippen molar-refractivity contribution in [3.05, 3.63) is 84.4 Å². The second kappa shape index (κ2) is 10.6. The van der Waals surface area contributed by atoms with Gasteiger partial charge in [0.15, 0.2) is 0 Å². The van der Waals surface area contributed by atoms with Crippen molar-refractivity contribution in [2.75, 3.05) is 38.7 Å². The Morgan fingerprint density at radius 1 is 0.871 bits per heavy atom. The molecule has 5 nitrogen and oxygen atoms in total. The van der Waals surface area contributed by atoms with Crippen LogP contribution in [-0.2, 0) is 0 Å². The van der Waals surface area contributed by atoms with Crippen LogP contribution in [0.3, 0.4) is 0 Å². The fourth-order valence-corrected chi connectivity index (χ4v) is 3.62. The number of anilines is 1. The number of rotatable bonds is 8. The van der Waals surface area contributed by atoms with Crippen molar-refractivity contribution in [2.24, 2.45) is 4.99 Å². The molecule has 1 N–H and O–H groups in total. The summed E-state index contributed by atoms with van der Waals surface area (Å²) in [6, 6.07) is 25.9. The van der Waals surface area contributed by atoms with E-state index in [0.29, 0.717) is 0 Å². The Balaban J connectivity index is 1.47. The molecule has 1 aliphatic heterocycles. The lowest BCUT2D eigenvalue weighted by atomic mass is 10.2. The third-order valence-corrected chi connectivity index (χ3v) is 5.35. The minimum atomic E-state index is 0.718. The van der Waals surface area contributed by atoms with E-state index in [-0.39, 0.29) is 0 Å². The third-order valence-electron chi connectivity index (χ3n) is 5.35. The van der Waals surface area contributed by atoms with Gasteiger partial charge in [0, 0.05) is 17.8 Å². The van der Waals surface area contributed by atoms with E-state index >= 15 is 0 Å². The number of aliphatic imine (C=N–C) groups is 1. The molecule has 5 heteroatoms. The predicted molar refractivity (Wildman–Crippen MR) is 127 cm³/mol. The van der Waals surface area contributed by atoms with Crippen LogP contribution in [0.5, 0.6) is 11.5 Å². The van der Waals surface area contributed by atoms with Gasteiger partial charge in [0.25, 0.3) is 0 Å². The summed E-state index contributed by atoms with van der Waals surface area (Å²) in [6.07, 6.45) is 2.61. The topological polar surface area (TPSA) is 46.1 Å². The summed E-state index contributed by atoms with van der Waals surface area (Å²) in [4.78, 5) is 7.32. The van der Waals surface area contributed by atoms with Crippen LogP contribution in [0.4, 0.5) is 11.4 Å². The van der Waals surface area contributed by atoms with Crippen LogP contribution in [0.25, 0.3) is 0 Å². The lowest BCUT2D eigenvalue weighted by Gasteiger charge is -2.15. The van der Waals surface area contributed by atoms with Crippen molar-refractivity contribution in [1.29, 1.82) is 0 Å². The number of nitrogens with zero attached hydrogens (tertiary/aromatic N) is 2. The highest BCUT2D eigenvalue weighted by molar-refractivity contribution is 6.09. The first kappa shape index (κ1) is 20.9. The molecule has 0 bridgehead atoms. The first-order valence-corrected chi connectivity index (χ1v) is 10.8. The van der Waals surface area contributed by atoms with E-state index in [2.05, 4.69) is 10.2 Å². The van der Waals surface area contributed by atoms with Gasteiger partial charge in [-0.05, 0) is 86.6 Å². The number of hydrogen-bond donors (Lipinski definition) is 1. The van der Waals surface area contributed by atoms with Gasteiger partial charge in [-0.2, -0.15) is 0 Å². The monoisotopic (exact) mass is 415 g/mol. The smallest absolute Gasteiger partial charge is 0.138 e. The quantitative estimate of drug-likeness (QED) is 0.397. The number of amidine groups is 1. The zero-order chi connectivity index (χ0) is 21.3. The minimum absolute atomic E-state index is 0.718. The molecule has 0 spiro atoms. The maximum Gasteiger partial charge on any atom is 0.138 e. The van der Waals surface area contributed by atoms with E-state index in [0.717, 1.165) is 47.4 Å². The maximum absolute atomic E-state index is 5.91. The summed E-state index contributed by atoms with van der Waals surface area (Å²) < 4.78 is 11.2. The summed E-state index contributed by atoms with van der Waals surface area (Å²) in [6.45, 7) is 4.09. The van der Waals surface area contributed by atoms with Gasteiger partial charge in [-0.3, -0.25) is 4.90 Å². The zero-order valence-corrected chi connectivity index (χ0v) is 18.0. The number of methoxy groups -OCH3 is 1. The van der Waals surface area contributed by atoms with E-state index in [1.165, 1.54) is 25.9 Å². The van der Waals surface area contributed by atoms with Crippen LogP contribution in [0.15, 0.2) is 83.9 Å². The average Bonchev–Trinajstić information content (AvgIpc) is 3.34. The zero-order valence-electron chi connectivity index (χ0n) is 18.0. The van der Waals surface area contributed by atoms with Crippen LogP contribution < -0.4 is 14.8 Å². The molecule has 3 aromatic rings. The van der Waals surface area contributed by atoms with Crippen molar-refractivity contribution in [3.8, 4) is 11.5 Å². The number of benzene rings is 3. The molecule has 0 aromatic heterocycles. The van der Waals surface area contributed by atoms with Crippen LogP contribution in [0.2, 0.25) is 0 Å². The lowest BCUT2D eigenvalue weighted by Crippen LogP contribution is -2.25. The van der Waals surface area contributed by atoms with Gasteiger partial charge in [-0.1, -0.05) is 18.2 Å². The van der Waals surface area contributed by atoms with Crippen LogP contribution in [0.1, 0.15) is 18.4 Å². The first-order valence-electron chi connectivity index (χ1n) is 10.8. The second-order valence-corrected chi connectivity index (χ2v) is 7.57. The molecular formula is C26H29N3O2. The number of nitrogens with one attached hydrogen (secondary N) is 1. The van der Waals surface area contributed by atoms with Crippen molar-refractivity contribution in [2.45, 2.75) is 12.8 Å². The highest BCUT2D eigenvalue weighted by Gasteiger charge is 2.11. The van der Waals surface area contributed by atoms with E-state index in [1.54, 1.807) is 7.11 Å². The molecule has 0 saturated carbocycles. The number of hydrogen-bond acceptors (Lipinski definition) is 4. The average molecular weight is 416 g/mol. The largest absolute Gasteiger partial charge is 0.497 e. The maximum atomic E-state index is 5.91. The highest BCUT2D eigenvalue weighted by Crippen LogP contribution is 2.21. The fraction of sp³-hybridized carbons (Fsp3) is 0.269. The van der Waals surface area contributed by atoms with Crippen LogP contribution in [0, 0.1) is 0 Å². The SMILES string of the molecule is COc1ccc(C(=Nc2ccc(OCCN3CCCC3)cc2)Nc2ccccc2)cc1. The molecular weight excluding hydrogens is 386 g/mol. The van der Waals surface area contributed by atoms with E-state index in [1.807, 2.05) is 78.9 Å². The molecule has 31 heavy (non-hydrogen) atoms. The Morgan fingerprint density at radius 3 is 2.23 bits per heavy atom. The summed E-state index contributed by atoms with van der Waals surface area (Å²) >= 11 is 0. The molecule has 3 aromatic carbocycles. The Kier molecular flexibility index (Phi) is 7.19. The standard InChI is InChI=1S/C26H29N3O2/c1-30-24-13-9-21(10-14-24)26(27-22-7-3-2-4-8-22)28-23-11-15-25(16-12-23)31-20-19-29-17-5-6-18-29/h2-4,7-16H,5-6,17-20H2,1H3,(H,27,28). The Bertz CT molecular complexity index is 964. The number of ether oxygens (including phenoxy) is 2. The molecule has 4 rings (SSSR count). The molecule has 160 valence electrons. The van der Waals surface area contributed by atoms with E-state index in [4.69, 9.17) is 14.5 Å². The summed E-state index contributed by atoms with van der Waals surface area (Å²) in [5, 5.41) is 3.43. The Labute approximate surface area is 184 Å². The van der Waals surface area contributed by atoms with Crippen molar-refractivity contribution >= 4 is 17.2 Å². The lowest BCUT2D eigenvalue weighted by molar-refractivity contribution is 0.238. The summed E-state index contributed by atoms with van der Waals surface area (Å²) in [5.74, 6) is 2.47. The third kappa shape index (κ3) is 6.09. The predicted octanol–water partition coefficient (Wildman–Crippen LogP) is 5.36. The normalized spacial score (nSPS) is 14.4. The first-order chi connectivity index (χ1) is 15.3. The van der Waals surface area contributed by atoms with Crippen molar-refractivity contribution in [3.63, 3.8) is 0 Å². The van der Waals surface area contributed by atoms with Gasteiger partial charge in [-0.15, -0.1) is 0 Å². The van der Waals surface area contributed by atoms with Gasteiger partial charge in [0.1, 0.15) is 23.9 Å². The fourth-order valence-electron chi connectivity index (χ4n) is 3.62. The number of likely N-dealkylation sites (tertiary alicyclic amines) is 1. The molecule has 0 atom stereocenters. The summed E-state index contributed by atoms with van der Waals surface area (Å²) in [7, 11) is 1.67. The Hall–Kier alpha value is -3.31. The van der Waals surface area contributed by atoms with Gasteiger partial charge in [0.05, 0.1) is 12.8 Å². The van der Waals surface area contributed by atoms with Gasteiger partial charge in [-0.25, -0.2) is 4.99 Å². The second-order valence-electron chi connectivity index (χ2n) is 7.57.